The van der Waals surface area contributed by atoms with E-state index in [9.17, 15) is 9.59 Å². The highest BCUT2D eigenvalue weighted by Crippen LogP contribution is 2.27. The van der Waals surface area contributed by atoms with Crippen LogP contribution in [0.2, 0.25) is 0 Å². The maximum atomic E-state index is 12.1. The number of hydrogen-bond donors (Lipinski definition) is 1. The van der Waals surface area contributed by atoms with Crippen molar-refractivity contribution in [2.45, 2.75) is 39.7 Å². The molecular formula is C24H28N2O3. The van der Waals surface area contributed by atoms with Crippen molar-refractivity contribution in [3.05, 3.63) is 75.1 Å². The van der Waals surface area contributed by atoms with Crippen molar-refractivity contribution in [2.24, 2.45) is 0 Å². The van der Waals surface area contributed by atoms with E-state index in [1.807, 2.05) is 37.3 Å². The van der Waals surface area contributed by atoms with Crippen LogP contribution in [-0.4, -0.2) is 24.9 Å². The number of para-hydroxylation sites is 1. The minimum atomic E-state index is -0.359. The first-order valence-electron chi connectivity index (χ1n) is 9.85. The molecule has 0 aliphatic heterocycles. The summed E-state index contributed by atoms with van der Waals surface area (Å²) in [6, 6.07) is 13.4. The number of aryl methyl sites for hydroxylation is 1. The summed E-state index contributed by atoms with van der Waals surface area (Å²) in [6.07, 6.45) is 0.324. The second-order valence-corrected chi connectivity index (χ2v) is 7.93. The fourth-order valence-electron chi connectivity index (χ4n) is 3.52. The number of benzene rings is 2. The van der Waals surface area contributed by atoms with E-state index in [4.69, 9.17) is 4.42 Å². The third kappa shape index (κ3) is 4.67. The van der Waals surface area contributed by atoms with Crippen LogP contribution in [-0.2, 0) is 17.8 Å². The van der Waals surface area contributed by atoms with Gasteiger partial charge >= 0.3 is 5.63 Å². The highest BCUT2D eigenvalue weighted by molar-refractivity contribution is 5.83. The molecule has 0 aliphatic carbocycles. The molecule has 5 heteroatoms. The van der Waals surface area contributed by atoms with Crippen LogP contribution in [0.3, 0.4) is 0 Å². The minimum Gasteiger partial charge on any atom is -0.423 e. The second-order valence-electron chi connectivity index (χ2n) is 7.93. The molecule has 5 nitrogen and oxygen atoms in total. The fraction of sp³-hybridized carbons (Fsp3) is 0.333. The van der Waals surface area contributed by atoms with Gasteiger partial charge in [-0.1, -0.05) is 32.0 Å². The number of rotatable bonds is 6. The molecule has 0 unspecified atom stereocenters. The summed E-state index contributed by atoms with van der Waals surface area (Å²) >= 11 is 0. The Morgan fingerprint density at radius 2 is 1.83 bits per heavy atom. The Balaban J connectivity index is 1.94. The summed E-state index contributed by atoms with van der Waals surface area (Å²) in [4.78, 5) is 25.8. The Kier molecular flexibility index (Phi) is 6.06. The lowest BCUT2D eigenvalue weighted by Crippen LogP contribution is -2.23. The first kappa shape index (κ1) is 20.6. The lowest BCUT2D eigenvalue weighted by Gasteiger charge is -2.16. The highest BCUT2D eigenvalue weighted by Gasteiger charge is 2.13. The Bertz CT molecular complexity index is 1100. The summed E-state index contributed by atoms with van der Waals surface area (Å²) in [7, 11) is 3.50. The van der Waals surface area contributed by atoms with Crippen molar-refractivity contribution in [3.63, 3.8) is 0 Å². The van der Waals surface area contributed by atoms with Crippen LogP contribution in [0, 0.1) is 6.92 Å². The molecule has 3 aromatic rings. The van der Waals surface area contributed by atoms with Crippen LogP contribution in [0.25, 0.3) is 11.0 Å². The number of hydrogen-bond acceptors (Lipinski definition) is 4. The zero-order valence-corrected chi connectivity index (χ0v) is 17.7. The molecule has 0 radical (unpaired) electrons. The highest BCUT2D eigenvalue weighted by atomic mass is 16.4. The minimum absolute atomic E-state index is 0.0436. The Morgan fingerprint density at radius 1 is 1.10 bits per heavy atom. The van der Waals surface area contributed by atoms with E-state index in [-0.39, 0.29) is 11.5 Å². The molecule has 0 saturated carbocycles. The number of nitrogens with one attached hydrogen (secondary N) is 1. The Labute approximate surface area is 171 Å². The third-order valence-electron chi connectivity index (χ3n) is 5.17. The van der Waals surface area contributed by atoms with E-state index in [1.54, 1.807) is 25.1 Å². The number of fused-ring (bicyclic) bond motifs is 1. The summed E-state index contributed by atoms with van der Waals surface area (Å²) in [5.41, 5.74) is 5.30. The molecule has 0 bridgehead atoms. The van der Waals surface area contributed by atoms with Gasteiger partial charge in [-0.05, 0) is 53.3 Å². The van der Waals surface area contributed by atoms with Crippen LogP contribution in [0.1, 0.15) is 42.0 Å². The summed E-state index contributed by atoms with van der Waals surface area (Å²) in [5, 5.41) is 4.34. The Hall–Kier alpha value is -3.08. The molecule has 0 atom stereocenters. The van der Waals surface area contributed by atoms with Gasteiger partial charge in [0.1, 0.15) is 5.58 Å². The van der Waals surface area contributed by atoms with Gasteiger partial charge in [-0.3, -0.25) is 4.79 Å². The molecule has 0 fully saturated rings. The molecule has 152 valence electrons. The zero-order chi connectivity index (χ0) is 21.1. The van der Waals surface area contributed by atoms with Crippen molar-refractivity contribution in [1.82, 2.24) is 4.90 Å². The second kappa shape index (κ2) is 8.52. The maximum Gasteiger partial charge on any atom is 0.336 e. The average Bonchev–Trinajstić information content (AvgIpc) is 2.66. The van der Waals surface area contributed by atoms with E-state index in [2.05, 4.69) is 25.2 Å². The van der Waals surface area contributed by atoms with Crippen molar-refractivity contribution >= 4 is 22.6 Å². The molecule has 0 aliphatic rings. The van der Waals surface area contributed by atoms with E-state index in [0.29, 0.717) is 24.5 Å². The first-order chi connectivity index (χ1) is 13.8. The van der Waals surface area contributed by atoms with Crippen LogP contribution in [0.5, 0.6) is 0 Å². The summed E-state index contributed by atoms with van der Waals surface area (Å²) in [6.45, 7) is 6.82. The van der Waals surface area contributed by atoms with Gasteiger partial charge in [0.25, 0.3) is 0 Å². The number of carbonyl (C=O) groups is 1. The molecule has 1 aromatic heterocycles. The Morgan fingerprint density at radius 3 is 2.52 bits per heavy atom. The number of anilines is 1. The monoisotopic (exact) mass is 392 g/mol. The lowest BCUT2D eigenvalue weighted by molar-refractivity contribution is -0.127. The van der Waals surface area contributed by atoms with Gasteiger partial charge in [0.2, 0.25) is 5.91 Å². The third-order valence-corrected chi connectivity index (χ3v) is 5.17. The van der Waals surface area contributed by atoms with E-state index in [1.165, 1.54) is 5.56 Å². The fourth-order valence-corrected chi connectivity index (χ4v) is 3.52. The predicted molar refractivity (Wildman–Crippen MR) is 117 cm³/mol. The molecule has 0 saturated heterocycles. The van der Waals surface area contributed by atoms with Crippen LogP contribution in [0.15, 0.2) is 51.7 Å². The van der Waals surface area contributed by atoms with Crippen molar-refractivity contribution < 1.29 is 9.21 Å². The topological polar surface area (TPSA) is 62.6 Å². The van der Waals surface area contributed by atoms with E-state index >= 15 is 0 Å². The largest absolute Gasteiger partial charge is 0.423 e. The maximum absolute atomic E-state index is 12.1. The summed E-state index contributed by atoms with van der Waals surface area (Å²) in [5.74, 6) is 0.423. The number of likely N-dealkylation sites (N-methyl/N-ethyl adjacent to an activating group) is 1. The lowest BCUT2D eigenvalue weighted by atomic mass is 9.95. The quantitative estimate of drug-likeness (QED) is 0.629. The van der Waals surface area contributed by atoms with Gasteiger partial charge in [0.15, 0.2) is 0 Å². The van der Waals surface area contributed by atoms with Gasteiger partial charge in [-0.25, -0.2) is 4.79 Å². The van der Waals surface area contributed by atoms with Gasteiger partial charge in [-0.15, -0.1) is 0 Å². The van der Waals surface area contributed by atoms with Crippen LogP contribution >= 0.6 is 0 Å². The van der Waals surface area contributed by atoms with E-state index in [0.717, 1.165) is 27.8 Å². The number of nitrogens with zero attached hydrogens (tertiary/aromatic N) is 1. The first-order valence-corrected chi connectivity index (χ1v) is 9.85. The standard InChI is InChI=1S/C24H28N2O3/c1-15(2)19-13-20-18(12-24(28)29-22(20)10-16(19)3)14-25-21-9-7-6-8-17(21)11-23(27)26(4)5/h6-10,12-13,15,25H,11,14H2,1-5H3. The average molecular weight is 392 g/mol. The zero-order valence-electron chi connectivity index (χ0n) is 17.7. The number of carbonyl (C=O) groups excluding carboxylic acids is 1. The van der Waals surface area contributed by atoms with Crippen LogP contribution < -0.4 is 10.9 Å². The molecule has 2 aromatic carbocycles. The van der Waals surface area contributed by atoms with Crippen molar-refractivity contribution in [2.75, 3.05) is 19.4 Å². The molecule has 3 rings (SSSR count). The molecule has 1 heterocycles. The normalized spacial score (nSPS) is 11.1. The van der Waals surface area contributed by atoms with Gasteiger partial charge in [-0.2, -0.15) is 0 Å². The van der Waals surface area contributed by atoms with E-state index < -0.39 is 0 Å². The van der Waals surface area contributed by atoms with Gasteiger partial charge in [0, 0.05) is 37.8 Å². The molecular weight excluding hydrogens is 364 g/mol. The predicted octanol–water partition coefficient (Wildman–Crippen LogP) is 4.47. The molecule has 1 amide bonds. The van der Waals surface area contributed by atoms with Crippen molar-refractivity contribution in [3.8, 4) is 0 Å². The molecule has 29 heavy (non-hydrogen) atoms. The van der Waals surface area contributed by atoms with Gasteiger partial charge in [0.05, 0.1) is 6.42 Å². The summed E-state index contributed by atoms with van der Waals surface area (Å²) < 4.78 is 5.44. The van der Waals surface area contributed by atoms with Crippen molar-refractivity contribution in [1.29, 1.82) is 0 Å². The van der Waals surface area contributed by atoms with Gasteiger partial charge < -0.3 is 14.6 Å². The number of amides is 1. The molecule has 1 N–H and O–H groups in total. The van der Waals surface area contributed by atoms with Crippen LogP contribution in [0.4, 0.5) is 5.69 Å². The SMILES string of the molecule is Cc1cc2oc(=O)cc(CNc3ccccc3CC(=O)N(C)C)c2cc1C(C)C. The molecule has 0 spiro atoms. The smallest absolute Gasteiger partial charge is 0.336 e.